The van der Waals surface area contributed by atoms with Crippen LogP contribution in [0.5, 0.6) is 0 Å². The first-order valence-corrected chi connectivity index (χ1v) is 15.4. The fourth-order valence-corrected chi connectivity index (χ4v) is 6.61. The Morgan fingerprint density at radius 2 is 1.83 bits per heavy atom. The average Bonchev–Trinajstić information content (AvgIpc) is 3.39. The Bertz CT molecular complexity index is 1820. The minimum Gasteiger partial charge on any atom is -0.481 e. The first-order valence-electron chi connectivity index (χ1n) is 12.7. The molecule has 0 spiro atoms. The van der Waals surface area contributed by atoms with Crippen LogP contribution in [-0.4, -0.2) is 48.9 Å². The highest BCUT2D eigenvalue weighted by molar-refractivity contribution is 7.90. The SMILES string of the molecule is CS(=O)(=O)c1cccc(C[C@@H](CC(=O)c2c(Cl)cc3c(c2Cl)CCN(C(=O)c2ccc4ccoc4c2)C3)C(=O)O)c1.S. The van der Waals surface area contributed by atoms with Gasteiger partial charge in [-0.2, -0.15) is 13.5 Å². The fourth-order valence-electron chi connectivity index (χ4n) is 5.11. The van der Waals surface area contributed by atoms with Crippen LogP contribution < -0.4 is 0 Å². The largest absolute Gasteiger partial charge is 0.481 e. The smallest absolute Gasteiger partial charge is 0.307 e. The van der Waals surface area contributed by atoms with Gasteiger partial charge in [0.1, 0.15) is 5.58 Å². The topological polar surface area (TPSA) is 122 Å². The summed E-state index contributed by atoms with van der Waals surface area (Å²) in [5.41, 5.74) is 3.03. The van der Waals surface area contributed by atoms with Crippen LogP contribution in [0.3, 0.4) is 0 Å². The van der Waals surface area contributed by atoms with Gasteiger partial charge in [-0.1, -0.05) is 41.4 Å². The van der Waals surface area contributed by atoms with Gasteiger partial charge in [-0.15, -0.1) is 0 Å². The molecule has 1 aromatic heterocycles. The Labute approximate surface area is 259 Å². The minimum absolute atomic E-state index is 0. The second kappa shape index (κ2) is 12.5. The van der Waals surface area contributed by atoms with E-state index in [9.17, 15) is 27.9 Å². The molecule has 0 aliphatic carbocycles. The van der Waals surface area contributed by atoms with E-state index in [4.69, 9.17) is 27.6 Å². The summed E-state index contributed by atoms with van der Waals surface area (Å²) in [5.74, 6) is -3.03. The summed E-state index contributed by atoms with van der Waals surface area (Å²) in [7, 11) is -3.48. The van der Waals surface area contributed by atoms with Crippen LogP contribution in [0.2, 0.25) is 10.0 Å². The summed E-state index contributed by atoms with van der Waals surface area (Å²) in [6.45, 7) is 0.609. The summed E-state index contributed by atoms with van der Waals surface area (Å²) in [6.07, 6.45) is 2.59. The van der Waals surface area contributed by atoms with E-state index >= 15 is 0 Å². The highest BCUT2D eigenvalue weighted by atomic mass is 35.5. The number of fused-ring (bicyclic) bond motifs is 2. The number of amides is 1. The van der Waals surface area contributed by atoms with Gasteiger partial charge >= 0.3 is 5.97 Å². The number of ketones is 1. The maximum absolute atomic E-state index is 13.3. The lowest BCUT2D eigenvalue weighted by atomic mass is 9.89. The van der Waals surface area contributed by atoms with Crippen molar-refractivity contribution >= 4 is 75.2 Å². The van der Waals surface area contributed by atoms with Crippen molar-refractivity contribution in [1.82, 2.24) is 4.90 Å². The van der Waals surface area contributed by atoms with Gasteiger partial charge in [0.25, 0.3) is 5.91 Å². The summed E-state index contributed by atoms with van der Waals surface area (Å²) in [5, 5.41) is 11.0. The van der Waals surface area contributed by atoms with E-state index in [1.807, 2.05) is 12.1 Å². The van der Waals surface area contributed by atoms with Gasteiger partial charge in [-0.05, 0) is 65.9 Å². The molecule has 2 heterocycles. The van der Waals surface area contributed by atoms with E-state index in [1.54, 1.807) is 35.4 Å². The highest BCUT2D eigenvalue weighted by Gasteiger charge is 2.30. The number of sulfone groups is 1. The zero-order chi connectivity index (χ0) is 29.5. The third-order valence-corrected chi connectivity index (χ3v) is 9.09. The lowest BCUT2D eigenvalue weighted by Gasteiger charge is -2.30. The van der Waals surface area contributed by atoms with Crippen LogP contribution in [0.15, 0.2) is 70.2 Å². The van der Waals surface area contributed by atoms with Crippen molar-refractivity contribution in [2.24, 2.45) is 5.92 Å². The Balaban J connectivity index is 0.00000405. The predicted octanol–water partition coefficient (Wildman–Crippen LogP) is 5.97. The van der Waals surface area contributed by atoms with Crippen LogP contribution in [-0.2, 0) is 34.0 Å². The Morgan fingerprint density at radius 3 is 2.55 bits per heavy atom. The number of hydrogen-bond acceptors (Lipinski definition) is 6. The van der Waals surface area contributed by atoms with Crippen molar-refractivity contribution in [3.63, 3.8) is 0 Å². The van der Waals surface area contributed by atoms with Crippen LogP contribution >= 0.6 is 36.7 Å². The number of furan rings is 1. The first kappa shape index (κ1) is 31.6. The van der Waals surface area contributed by atoms with E-state index in [0.29, 0.717) is 40.8 Å². The number of carboxylic acids is 1. The molecule has 1 aliphatic heterocycles. The normalized spacial score (nSPS) is 13.7. The molecule has 3 aromatic carbocycles. The molecule has 0 fully saturated rings. The molecule has 0 saturated carbocycles. The monoisotopic (exact) mass is 647 g/mol. The molecule has 1 atom stereocenters. The fraction of sp³-hybridized carbons (Fsp3) is 0.233. The van der Waals surface area contributed by atoms with Crippen molar-refractivity contribution in [3.05, 3.63) is 98.7 Å². The summed E-state index contributed by atoms with van der Waals surface area (Å²) >= 11 is 13.2. The van der Waals surface area contributed by atoms with Crippen LogP contribution in [0.4, 0.5) is 0 Å². The van der Waals surface area contributed by atoms with Crippen LogP contribution in [0.25, 0.3) is 11.0 Å². The second-order valence-corrected chi connectivity index (χ2v) is 12.9. The van der Waals surface area contributed by atoms with Crippen molar-refractivity contribution in [1.29, 1.82) is 0 Å². The molecule has 0 bridgehead atoms. The molecule has 220 valence electrons. The molecule has 1 N–H and O–H groups in total. The van der Waals surface area contributed by atoms with Gasteiger partial charge in [-0.3, -0.25) is 14.4 Å². The summed E-state index contributed by atoms with van der Waals surface area (Å²) in [6, 6.07) is 14.7. The van der Waals surface area contributed by atoms with Gasteiger partial charge < -0.3 is 14.4 Å². The van der Waals surface area contributed by atoms with Gasteiger partial charge in [0.05, 0.1) is 32.7 Å². The molecule has 0 radical (unpaired) electrons. The predicted molar refractivity (Wildman–Crippen MR) is 165 cm³/mol. The zero-order valence-electron chi connectivity index (χ0n) is 22.4. The molecule has 12 heteroatoms. The number of benzene rings is 3. The summed E-state index contributed by atoms with van der Waals surface area (Å²) < 4.78 is 29.2. The van der Waals surface area contributed by atoms with E-state index in [0.717, 1.165) is 11.6 Å². The average molecular weight is 649 g/mol. The van der Waals surface area contributed by atoms with Gasteiger partial charge in [0, 0.05) is 36.7 Å². The molecule has 1 aliphatic rings. The van der Waals surface area contributed by atoms with Gasteiger partial charge in [0.2, 0.25) is 0 Å². The third kappa shape index (κ3) is 6.52. The van der Waals surface area contributed by atoms with Crippen LogP contribution in [0, 0.1) is 5.92 Å². The lowest BCUT2D eigenvalue weighted by molar-refractivity contribution is -0.141. The number of Topliss-reactive ketones (excluding diaryl/α,β-unsaturated/α-hetero) is 1. The highest BCUT2D eigenvalue weighted by Crippen LogP contribution is 2.36. The minimum atomic E-state index is -3.48. The Hall–Kier alpha value is -3.31. The number of aliphatic carboxylic acids is 1. The van der Waals surface area contributed by atoms with E-state index < -0.39 is 27.5 Å². The molecule has 8 nitrogen and oxygen atoms in total. The molecule has 0 saturated heterocycles. The maximum Gasteiger partial charge on any atom is 0.307 e. The molecule has 1 amide bonds. The zero-order valence-corrected chi connectivity index (χ0v) is 25.7. The lowest BCUT2D eigenvalue weighted by Crippen LogP contribution is -2.36. The van der Waals surface area contributed by atoms with Crippen molar-refractivity contribution < 1.29 is 32.3 Å². The number of rotatable bonds is 8. The molecule has 4 aromatic rings. The number of hydrogen-bond donors (Lipinski definition) is 1. The van der Waals surface area contributed by atoms with E-state index in [-0.39, 0.29) is 59.3 Å². The molecular formula is C30H27Cl2NO7S2. The number of carbonyl (C=O) groups excluding carboxylic acids is 2. The van der Waals surface area contributed by atoms with Crippen molar-refractivity contribution in [3.8, 4) is 0 Å². The molecule has 5 rings (SSSR count). The van der Waals surface area contributed by atoms with E-state index in [2.05, 4.69) is 0 Å². The Morgan fingerprint density at radius 1 is 1.07 bits per heavy atom. The number of nitrogens with zero attached hydrogens (tertiary/aromatic N) is 1. The molecule has 42 heavy (non-hydrogen) atoms. The number of carboxylic acid groups (broad SMARTS) is 1. The van der Waals surface area contributed by atoms with Crippen molar-refractivity contribution in [2.75, 3.05) is 12.8 Å². The molecular weight excluding hydrogens is 621 g/mol. The second-order valence-electron chi connectivity index (χ2n) is 10.1. The number of carbonyl (C=O) groups is 3. The van der Waals surface area contributed by atoms with Crippen LogP contribution in [0.1, 0.15) is 43.8 Å². The van der Waals surface area contributed by atoms with Crippen molar-refractivity contribution in [2.45, 2.75) is 30.7 Å². The molecule has 0 unspecified atom stereocenters. The third-order valence-electron chi connectivity index (χ3n) is 7.26. The van der Waals surface area contributed by atoms with E-state index in [1.165, 1.54) is 18.2 Å². The summed E-state index contributed by atoms with van der Waals surface area (Å²) in [4.78, 5) is 40.3. The standard InChI is InChI=1S/C30H25Cl2NO7S.H2S/c1-41(38,39)22-4-2-3-17(12-22)11-20(30(36)37)14-25(34)27-24(31)13-21-16-33(9-7-23(21)28(27)32)29(35)19-6-5-18-8-10-40-26(18)15-19;/h2-6,8,10,12-13,15,20H,7,9,11,14,16H2,1H3,(H,36,37);1H2/t20-;/m0./s1. The van der Waals surface area contributed by atoms with Gasteiger partial charge in [0.15, 0.2) is 15.6 Å². The Kier molecular flexibility index (Phi) is 9.42. The maximum atomic E-state index is 13.3. The quantitative estimate of drug-likeness (QED) is 0.234. The van der Waals surface area contributed by atoms with Gasteiger partial charge in [-0.25, -0.2) is 8.42 Å². The first-order chi connectivity index (χ1) is 19.4. The number of halogens is 2.